The lowest BCUT2D eigenvalue weighted by atomic mass is 10.1. The van der Waals surface area contributed by atoms with Crippen molar-refractivity contribution in [1.29, 1.82) is 0 Å². The Morgan fingerprint density at radius 2 is 2.14 bits per heavy atom. The molecule has 2 fully saturated rings. The first-order chi connectivity index (χ1) is 9.96. The van der Waals surface area contributed by atoms with Crippen LogP contribution in [0.4, 0.5) is 4.79 Å². The van der Waals surface area contributed by atoms with Gasteiger partial charge in [0.2, 0.25) is 0 Å². The van der Waals surface area contributed by atoms with Crippen molar-refractivity contribution in [2.75, 3.05) is 24.6 Å². The molecular formula is C16H30N2O2S. The molecule has 0 spiro atoms. The van der Waals surface area contributed by atoms with Crippen molar-refractivity contribution in [2.45, 2.75) is 70.6 Å². The second-order valence-corrected chi connectivity index (χ2v) is 8.28. The van der Waals surface area contributed by atoms with E-state index in [4.69, 9.17) is 4.74 Å². The largest absolute Gasteiger partial charge is 0.444 e. The maximum Gasteiger partial charge on any atom is 0.410 e. The van der Waals surface area contributed by atoms with Crippen LogP contribution >= 0.6 is 11.8 Å². The highest BCUT2D eigenvalue weighted by atomic mass is 32.2. The summed E-state index contributed by atoms with van der Waals surface area (Å²) in [6.45, 7) is 7.64. The summed E-state index contributed by atoms with van der Waals surface area (Å²) in [6.07, 6.45) is 5.74. The molecule has 0 saturated carbocycles. The third-order valence-corrected chi connectivity index (χ3v) is 5.29. The predicted molar refractivity (Wildman–Crippen MR) is 88.9 cm³/mol. The standard InChI is InChI=1S/C16H30N2O2S/c1-16(2,3)20-15(19)18-10-4-7-14(18)8-9-17-13-6-5-11-21-12-13/h13-14,17H,4-12H2,1-3H3. The van der Waals surface area contributed by atoms with Gasteiger partial charge in [-0.05, 0) is 65.2 Å². The lowest BCUT2D eigenvalue weighted by molar-refractivity contribution is 0.0220. The summed E-state index contributed by atoms with van der Waals surface area (Å²) >= 11 is 2.05. The average molecular weight is 314 g/mol. The van der Waals surface area contributed by atoms with Crippen LogP contribution in [-0.2, 0) is 4.74 Å². The maximum absolute atomic E-state index is 12.2. The van der Waals surface area contributed by atoms with Crippen LogP contribution in [0.15, 0.2) is 0 Å². The van der Waals surface area contributed by atoms with Crippen LogP contribution in [0.2, 0.25) is 0 Å². The van der Waals surface area contributed by atoms with Crippen LogP contribution in [-0.4, -0.2) is 53.3 Å². The molecule has 2 heterocycles. The smallest absolute Gasteiger partial charge is 0.410 e. The van der Waals surface area contributed by atoms with Crippen LogP contribution in [0, 0.1) is 0 Å². The van der Waals surface area contributed by atoms with Gasteiger partial charge in [-0.1, -0.05) is 0 Å². The van der Waals surface area contributed by atoms with Crippen molar-refractivity contribution in [3.8, 4) is 0 Å². The Labute approximate surface area is 133 Å². The van der Waals surface area contributed by atoms with Gasteiger partial charge in [-0.3, -0.25) is 0 Å². The fourth-order valence-electron chi connectivity index (χ4n) is 3.05. The number of carbonyl (C=O) groups excluding carboxylic acids is 1. The Morgan fingerprint density at radius 3 is 2.81 bits per heavy atom. The van der Waals surface area contributed by atoms with E-state index in [1.54, 1.807) is 0 Å². The normalized spacial score (nSPS) is 26.9. The van der Waals surface area contributed by atoms with E-state index < -0.39 is 5.60 Å². The highest BCUT2D eigenvalue weighted by Gasteiger charge is 2.31. The molecule has 0 radical (unpaired) electrons. The zero-order chi connectivity index (χ0) is 15.3. The first kappa shape index (κ1) is 16.9. The van der Waals surface area contributed by atoms with Gasteiger partial charge in [-0.15, -0.1) is 0 Å². The van der Waals surface area contributed by atoms with Gasteiger partial charge in [0.1, 0.15) is 5.60 Å². The summed E-state index contributed by atoms with van der Waals surface area (Å²) in [4.78, 5) is 14.1. The molecule has 122 valence electrons. The minimum absolute atomic E-state index is 0.141. The Hall–Kier alpha value is -0.420. The zero-order valence-corrected chi connectivity index (χ0v) is 14.5. The number of carbonyl (C=O) groups is 1. The monoisotopic (exact) mass is 314 g/mol. The lowest BCUT2D eigenvalue weighted by Gasteiger charge is -2.29. The summed E-state index contributed by atoms with van der Waals surface area (Å²) in [5, 5.41) is 3.66. The minimum atomic E-state index is -0.401. The summed E-state index contributed by atoms with van der Waals surface area (Å²) in [5.74, 6) is 2.55. The predicted octanol–water partition coefficient (Wildman–Crippen LogP) is 3.26. The third kappa shape index (κ3) is 5.70. The molecule has 4 nitrogen and oxygen atoms in total. The van der Waals surface area contributed by atoms with Gasteiger partial charge in [-0.2, -0.15) is 11.8 Å². The number of amides is 1. The van der Waals surface area contributed by atoms with Crippen LogP contribution in [0.1, 0.15) is 52.9 Å². The molecule has 2 atom stereocenters. The van der Waals surface area contributed by atoms with E-state index in [0.29, 0.717) is 12.1 Å². The van der Waals surface area contributed by atoms with Crippen molar-refractivity contribution < 1.29 is 9.53 Å². The SMILES string of the molecule is CC(C)(C)OC(=O)N1CCCC1CCNC1CCCSC1. The number of likely N-dealkylation sites (tertiary alicyclic amines) is 1. The van der Waals surface area contributed by atoms with Gasteiger partial charge in [0.15, 0.2) is 0 Å². The van der Waals surface area contributed by atoms with Crippen LogP contribution in [0.5, 0.6) is 0 Å². The van der Waals surface area contributed by atoms with E-state index in [9.17, 15) is 4.79 Å². The highest BCUT2D eigenvalue weighted by molar-refractivity contribution is 7.99. The molecular weight excluding hydrogens is 284 g/mol. The van der Waals surface area contributed by atoms with Crippen molar-refractivity contribution >= 4 is 17.9 Å². The van der Waals surface area contributed by atoms with E-state index in [0.717, 1.165) is 32.4 Å². The van der Waals surface area contributed by atoms with Gasteiger partial charge in [0.05, 0.1) is 0 Å². The summed E-state index contributed by atoms with van der Waals surface area (Å²) < 4.78 is 5.51. The van der Waals surface area contributed by atoms with E-state index in [2.05, 4.69) is 17.1 Å². The van der Waals surface area contributed by atoms with E-state index >= 15 is 0 Å². The van der Waals surface area contributed by atoms with Gasteiger partial charge in [0.25, 0.3) is 0 Å². The highest BCUT2D eigenvalue weighted by Crippen LogP contribution is 2.23. The average Bonchev–Trinajstić information content (AvgIpc) is 2.86. The van der Waals surface area contributed by atoms with E-state index in [1.165, 1.54) is 24.3 Å². The minimum Gasteiger partial charge on any atom is -0.444 e. The second kappa shape index (κ2) is 7.73. The van der Waals surface area contributed by atoms with Crippen LogP contribution in [0.25, 0.3) is 0 Å². The van der Waals surface area contributed by atoms with Gasteiger partial charge in [-0.25, -0.2) is 4.79 Å². The molecule has 2 unspecified atom stereocenters. The Balaban J connectivity index is 1.72. The van der Waals surface area contributed by atoms with Gasteiger partial charge < -0.3 is 15.0 Å². The molecule has 1 N–H and O–H groups in total. The number of hydrogen-bond donors (Lipinski definition) is 1. The number of rotatable bonds is 4. The molecule has 0 aliphatic carbocycles. The topological polar surface area (TPSA) is 41.6 Å². The van der Waals surface area contributed by atoms with E-state index in [-0.39, 0.29) is 6.09 Å². The third-order valence-electron chi connectivity index (χ3n) is 4.08. The molecule has 0 aromatic rings. The molecule has 0 bridgehead atoms. The Bertz CT molecular complexity index is 338. The van der Waals surface area contributed by atoms with Gasteiger partial charge >= 0.3 is 6.09 Å². The fourth-order valence-corrected chi connectivity index (χ4v) is 4.16. The molecule has 1 amide bonds. The van der Waals surface area contributed by atoms with Crippen LogP contribution in [0.3, 0.4) is 0 Å². The number of nitrogens with zero attached hydrogens (tertiary/aromatic N) is 1. The van der Waals surface area contributed by atoms with Crippen molar-refractivity contribution in [2.24, 2.45) is 0 Å². The zero-order valence-electron chi connectivity index (χ0n) is 13.7. The quantitative estimate of drug-likeness (QED) is 0.865. The first-order valence-electron chi connectivity index (χ1n) is 8.26. The number of nitrogens with one attached hydrogen (secondary N) is 1. The number of hydrogen-bond acceptors (Lipinski definition) is 4. The molecule has 0 aromatic carbocycles. The molecule has 21 heavy (non-hydrogen) atoms. The van der Waals surface area contributed by atoms with Crippen molar-refractivity contribution in [3.05, 3.63) is 0 Å². The van der Waals surface area contributed by atoms with Crippen molar-refractivity contribution in [3.63, 3.8) is 0 Å². The number of ether oxygens (including phenoxy) is 1. The fraction of sp³-hybridized carbons (Fsp3) is 0.938. The summed E-state index contributed by atoms with van der Waals surface area (Å²) in [5.41, 5.74) is -0.401. The molecule has 2 aliphatic heterocycles. The molecule has 0 aromatic heterocycles. The maximum atomic E-state index is 12.2. The Morgan fingerprint density at radius 1 is 1.33 bits per heavy atom. The van der Waals surface area contributed by atoms with Crippen molar-refractivity contribution in [1.82, 2.24) is 10.2 Å². The second-order valence-electron chi connectivity index (χ2n) is 7.13. The summed E-state index contributed by atoms with van der Waals surface area (Å²) in [6, 6.07) is 1.02. The molecule has 2 rings (SSSR count). The number of thioether (sulfide) groups is 1. The van der Waals surface area contributed by atoms with Crippen LogP contribution < -0.4 is 5.32 Å². The Kier molecular flexibility index (Phi) is 6.23. The van der Waals surface area contributed by atoms with Gasteiger partial charge in [0, 0.05) is 24.4 Å². The first-order valence-corrected chi connectivity index (χ1v) is 9.42. The molecule has 5 heteroatoms. The van der Waals surface area contributed by atoms with E-state index in [1.807, 2.05) is 25.7 Å². The molecule has 2 saturated heterocycles. The lowest BCUT2D eigenvalue weighted by Crippen LogP contribution is -2.42. The summed E-state index contributed by atoms with van der Waals surface area (Å²) in [7, 11) is 0. The molecule has 2 aliphatic rings.